The third kappa shape index (κ3) is 2.48. The fraction of sp³-hybridized carbons (Fsp3) is 0.429. The van der Waals surface area contributed by atoms with Crippen LogP contribution >= 0.6 is 0 Å². The van der Waals surface area contributed by atoms with Gasteiger partial charge in [0.25, 0.3) is 0 Å². The van der Waals surface area contributed by atoms with Crippen LogP contribution in [0.5, 0.6) is 0 Å². The van der Waals surface area contributed by atoms with Gasteiger partial charge < -0.3 is 0 Å². The van der Waals surface area contributed by atoms with Gasteiger partial charge in [-0.2, -0.15) is 0 Å². The topological polar surface area (TPSA) is 48.6 Å². The van der Waals surface area contributed by atoms with E-state index in [2.05, 4.69) is 32.5 Å². The van der Waals surface area contributed by atoms with Crippen molar-refractivity contribution in [2.24, 2.45) is 0 Å². The van der Waals surface area contributed by atoms with Crippen LogP contribution in [-0.4, -0.2) is 25.5 Å². The van der Waals surface area contributed by atoms with Crippen molar-refractivity contribution < 1.29 is 0 Å². The van der Waals surface area contributed by atoms with Crippen molar-refractivity contribution in [3.63, 3.8) is 0 Å². The molecule has 3 nitrogen and oxygen atoms in total. The van der Waals surface area contributed by atoms with Gasteiger partial charge in [-0.05, 0) is 0 Å². The summed E-state index contributed by atoms with van der Waals surface area (Å²) in [5, 5.41) is 0. The van der Waals surface area contributed by atoms with Gasteiger partial charge in [0.2, 0.25) is 0 Å². The normalized spacial score (nSPS) is 9.91. The Kier molecular flexibility index (Phi) is 2.85. The maximum absolute atomic E-state index is 10.9. The molecule has 4 heteroatoms. The van der Waals surface area contributed by atoms with E-state index in [9.17, 15) is 4.79 Å². The zero-order valence-electron chi connectivity index (χ0n) is 6.35. The Hall–Kier alpha value is -0.601. The summed E-state index contributed by atoms with van der Waals surface area (Å²) >= 11 is 2.29. The van der Waals surface area contributed by atoms with Crippen LogP contribution in [0.1, 0.15) is 19.0 Å². The molecule has 0 saturated heterocycles. The second kappa shape index (κ2) is 3.69. The van der Waals surface area contributed by atoms with Crippen molar-refractivity contribution >= 4 is 15.6 Å². The van der Waals surface area contributed by atoms with Crippen LogP contribution < -0.4 is 5.56 Å². The number of hydrogen-bond donors (Lipinski definition) is 2. The Labute approximate surface area is 72.2 Å². The molecule has 0 aromatic carbocycles. The van der Waals surface area contributed by atoms with Gasteiger partial charge in [-0.15, -0.1) is 0 Å². The Balaban J connectivity index is 3.09. The van der Waals surface area contributed by atoms with E-state index in [4.69, 9.17) is 0 Å². The molecular weight excluding hydrogens is 207 g/mol. The van der Waals surface area contributed by atoms with E-state index in [1.807, 2.05) is 0 Å². The first-order chi connectivity index (χ1) is 5.22. The van der Waals surface area contributed by atoms with Gasteiger partial charge >= 0.3 is 71.7 Å². The van der Waals surface area contributed by atoms with E-state index < -0.39 is 0 Å². The molecule has 0 amide bonds. The van der Waals surface area contributed by atoms with Gasteiger partial charge in [0.1, 0.15) is 0 Å². The number of hydrogen-bond acceptors (Lipinski definition) is 1. The molecule has 61 valence electrons. The van der Waals surface area contributed by atoms with Crippen LogP contribution in [0.2, 0.25) is 0 Å². The van der Waals surface area contributed by atoms with Crippen LogP contribution in [0.4, 0.5) is 0 Å². The van der Waals surface area contributed by atoms with Crippen molar-refractivity contribution in [2.45, 2.75) is 19.8 Å². The van der Waals surface area contributed by atoms with Crippen LogP contribution in [0, 0.1) is 4.32 Å². The van der Waals surface area contributed by atoms with E-state index in [0.717, 1.165) is 22.9 Å². The fourth-order valence-corrected chi connectivity index (χ4v) is 1.47. The van der Waals surface area contributed by atoms with Crippen LogP contribution in [-0.2, 0) is 6.42 Å². The SMILES string of the molecule is CCCc1cc(=O)[nH]c(=[SeH])[nH]1. The Morgan fingerprint density at radius 1 is 1.55 bits per heavy atom. The van der Waals surface area contributed by atoms with Crippen LogP contribution in [0.3, 0.4) is 0 Å². The summed E-state index contributed by atoms with van der Waals surface area (Å²) in [6, 6.07) is 1.60. The van der Waals surface area contributed by atoms with Gasteiger partial charge in [0.05, 0.1) is 0 Å². The second-order valence-electron chi connectivity index (χ2n) is 2.38. The number of aryl methyl sites for hydroxylation is 1. The summed E-state index contributed by atoms with van der Waals surface area (Å²) in [6.07, 6.45) is 1.97. The van der Waals surface area contributed by atoms with Gasteiger partial charge in [0, 0.05) is 0 Å². The number of rotatable bonds is 2. The Morgan fingerprint density at radius 3 is 2.82 bits per heavy atom. The first kappa shape index (κ1) is 8.50. The molecule has 1 heterocycles. The molecule has 11 heavy (non-hydrogen) atoms. The second-order valence-corrected chi connectivity index (χ2v) is 3.32. The predicted molar refractivity (Wildman–Crippen MR) is 45.8 cm³/mol. The third-order valence-electron chi connectivity index (χ3n) is 1.35. The van der Waals surface area contributed by atoms with E-state index in [1.54, 1.807) is 6.07 Å². The Morgan fingerprint density at radius 2 is 2.27 bits per heavy atom. The van der Waals surface area contributed by atoms with Crippen molar-refractivity contribution in [2.75, 3.05) is 0 Å². The summed E-state index contributed by atoms with van der Waals surface area (Å²) in [7, 11) is 0. The molecule has 0 aliphatic rings. The molecule has 0 atom stereocenters. The molecule has 1 rings (SSSR count). The van der Waals surface area contributed by atoms with Crippen molar-refractivity contribution in [1.82, 2.24) is 9.97 Å². The quantitative estimate of drug-likeness (QED) is 0.679. The summed E-state index contributed by atoms with van der Waals surface area (Å²) in [5.74, 6) is 0. The monoisotopic (exact) mass is 219 g/mol. The molecule has 1 aromatic rings. The van der Waals surface area contributed by atoms with Gasteiger partial charge in [-0.1, -0.05) is 0 Å². The molecular formula is C7H11N2OSe. The number of nitrogens with one attached hydrogen (secondary N) is 2. The number of aromatic nitrogens is 2. The van der Waals surface area contributed by atoms with E-state index in [1.165, 1.54) is 0 Å². The molecule has 1 aromatic heterocycles. The van der Waals surface area contributed by atoms with Gasteiger partial charge in [-0.3, -0.25) is 0 Å². The third-order valence-corrected chi connectivity index (χ3v) is 1.81. The molecule has 0 bridgehead atoms. The molecule has 0 aliphatic carbocycles. The molecule has 1 radical (unpaired) electrons. The average Bonchev–Trinajstić information content (AvgIpc) is 1.85. The minimum atomic E-state index is -0.0391. The van der Waals surface area contributed by atoms with Crippen molar-refractivity contribution in [3.05, 3.63) is 26.4 Å². The molecule has 2 N–H and O–H groups in total. The summed E-state index contributed by atoms with van der Waals surface area (Å²) in [5.41, 5.74) is 0.953. The first-order valence-corrected chi connectivity index (χ1v) is 4.50. The molecule has 0 spiro atoms. The first-order valence-electron chi connectivity index (χ1n) is 3.57. The van der Waals surface area contributed by atoms with E-state index in [0.29, 0.717) is 0 Å². The molecule has 0 aliphatic heterocycles. The van der Waals surface area contributed by atoms with Gasteiger partial charge in [0.15, 0.2) is 0 Å². The predicted octanol–water partition coefficient (Wildman–Crippen LogP) is 0.0883. The number of aromatic amines is 2. The zero-order chi connectivity index (χ0) is 8.27. The standard InChI is InChI=1S/C7H11N2OSe/c1-2-3-5-4-6(10)9-7(11)8-5/h4,8,11H,2-3H2,1H3,(H,9,10). The molecule has 0 unspecified atom stereocenters. The van der Waals surface area contributed by atoms with Crippen LogP contribution in [0.15, 0.2) is 10.9 Å². The number of H-pyrrole nitrogens is 2. The van der Waals surface area contributed by atoms with E-state index >= 15 is 0 Å². The molecule has 0 saturated carbocycles. The van der Waals surface area contributed by atoms with Gasteiger partial charge in [-0.25, -0.2) is 0 Å². The Bertz CT molecular complexity index is 311. The average molecular weight is 218 g/mol. The summed E-state index contributed by atoms with van der Waals surface area (Å²) in [6.45, 7) is 2.08. The molecule has 0 fully saturated rings. The minimum absolute atomic E-state index is 0.0391. The van der Waals surface area contributed by atoms with Crippen LogP contribution in [0.25, 0.3) is 0 Å². The van der Waals surface area contributed by atoms with Crippen molar-refractivity contribution in [3.8, 4) is 0 Å². The summed E-state index contributed by atoms with van der Waals surface area (Å²) < 4.78 is 0.758. The van der Waals surface area contributed by atoms with Crippen molar-refractivity contribution in [1.29, 1.82) is 0 Å². The van der Waals surface area contributed by atoms with E-state index in [-0.39, 0.29) is 5.56 Å². The fourth-order valence-electron chi connectivity index (χ4n) is 0.934. The zero-order valence-corrected chi connectivity index (χ0v) is 8.22. The maximum atomic E-state index is 10.9. The summed E-state index contributed by atoms with van der Waals surface area (Å²) in [4.78, 5) is 16.6.